The van der Waals surface area contributed by atoms with Crippen molar-refractivity contribution in [2.24, 2.45) is 23.2 Å². The number of hydrogen-bond acceptors (Lipinski definition) is 3. The first-order chi connectivity index (χ1) is 10.6. The molecule has 1 N–H and O–H groups in total. The maximum atomic E-state index is 12.3. The van der Waals surface area contributed by atoms with E-state index >= 15 is 0 Å². The maximum absolute atomic E-state index is 12.3. The Hall–Kier alpha value is -1.84. The lowest BCUT2D eigenvalue weighted by Gasteiger charge is -2.57. The first-order valence-corrected chi connectivity index (χ1v) is 8.07. The molecule has 2 unspecified atom stereocenters. The average molecular weight is 300 g/mol. The van der Waals surface area contributed by atoms with Crippen molar-refractivity contribution in [1.82, 2.24) is 0 Å². The smallest absolute Gasteiger partial charge is 0.338 e. The number of ether oxygens (including phenoxy) is 1. The summed E-state index contributed by atoms with van der Waals surface area (Å²) in [6, 6.07) is 9.05. The fourth-order valence-electron chi connectivity index (χ4n) is 5.20. The van der Waals surface area contributed by atoms with Crippen LogP contribution >= 0.6 is 0 Å². The molecule has 4 aliphatic carbocycles. The van der Waals surface area contributed by atoms with Gasteiger partial charge in [0.2, 0.25) is 0 Å². The zero-order valence-electron chi connectivity index (χ0n) is 12.4. The van der Waals surface area contributed by atoms with E-state index in [1.807, 2.05) is 18.2 Å². The molecule has 1 aromatic carbocycles. The zero-order valence-corrected chi connectivity index (χ0v) is 12.4. The van der Waals surface area contributed by atoms with E-state index in [0.29, 0.717) is 24.3 Å². The number of esters is 1. The molecule has 0 spiro atoms. The normalized spacial score (nSPS) is 38.7. The van der Waals surface area contributed by atoms with Crippen LogP contribution in [0.2, 0.25) is 0 Å². The summed E-state index contributed by atoms with van der Waals surface area (Å²) in [7, 11) is 0. The van der Waals surface area contributed by atoms with E-state index in [9.17, 15) is 14.7 Å². The number of rotatable bonds is 3. The standard InChI is InChI=1S/C18H20O4/c19-16(12-4-2-1-3-5-12)22-15-13-6-11-7-14(15)10-18(8-11,9-13)17(20)21/h1-5,11,13-15H,6-10H2,(H,20,21). The number of benzene rings is 1. The van der Waals surface area contributed by atoms with Crippen LogP contribution < -0.4 is 0 Å². The molecule has 0 radical (unpaired) electrons. The Bertz CT molecular complexity index is 593. The second-order valence-electron chi connectivity index (χ2n) is 7.29. The lowest BCUT2D eigenvalue weighted by atomic mass is 9.48. The fourth-order valence-corrected chi connectivity index (χ4v) is 5.20. The van der Waals surface area contributed by atoms with E-state index in [0.717, 1.165) is 19.3 Å². The van der Waals surface area contributed by atoms with Crippen molar-refractivity contribution in [1.29, 1.82) is 0 Å². The molecule has 2 atom stereocenters. The molecule has 0 amide bonds. The van der Waals surface area contributed by atoms with Gasteiger partial charge in [0.25, 0.3) is 0 Å². The van der Waals surface area contributed by atoms with E-state index in [2.05, 4.69) is 0 Å². The average Bonchev–Trinajstić information content (AvgIpc) is 2.51. The quantitative estimate of drug-likeness (QED) is 0.871. The van der Waals surface area contributed by atoms with Crippen LogP contribution in [-0.4, -0.2) is 23.1 Å². The van der Waals surface area contributed by atoms with Crippen LogP contribution in [0.15, 0.2) is 30.3 Å². The molecule has 0 heterocycles. The fraction of sp³-hybridized carbons (Fsp3) is 0.556. The third-order valence-electron chi connectivity index (χ3n) is 5.89. The van der Waals surface area contributed by atoms with Gasteiger partial charge in [-0.15, -0.1) is 0 Å². The summed E-state index contributed by atoms with van der Waals surface area (Å²) in [5.41, 5.74) is 0.0239. The molecule has 5 rings (SSSR count). The number of carbonyl (C=O) groups excluding carboxylic acids is 1. The Kier molecular flexibility index (Phi) is 3.03. The second-order valence-corrected chi connectivity index (χ2v) is 7.29. The summed E-state index contributed by atoms with van der Waals surface area (Å²) >= 11 is 0. The summed E-state index contributed by atoms with van der Waals surface area (Å²) in [5.74, 6) is 0.00693. The van der Waals surface area contributed by atoms with E-state index in [1.165, 1.54) is 0 Å². The number of carbonyl (C=O) groups is 2. The molecule has 1 aromatic rings. The number of carboxylic acid groups (broad SMARTS) is 1. The first-order valence-electron chi connectivity index (χ1n) is 8.07. The molecule has 4 saturated carbocycles. The Morgan fingerprint density at radius 3 is 2.27 bits per heavy atom. The summed E-state index contributed by atoms with van der Waals surface area (Å²) < 4.78 is 5.81. The molecule has 4 fully saturated rings. The van der Waals surface area contributed by atoms with Gasteiger partial charge in [-0.3, -0.25) is 4.79 Å². The van der Waals surface area contributed by atoms with Crippen molar-refractivity contribution in [3.8, 4) is 0 Å². The van der Waals surface area contributed by atoms with E-state index < -0.39 is 11.4 Å². The van der Waals surface area contributed by atoms with Crippen LogP contribution in [0.3, 0.4) is 0 Å². The highest BCUT2D eigenvalue weighted by Gasteiger charge is 2.59. The number of aliphatic carboxylic acids is 1. The number of carboxylic acids is 1. The minimum atomic E-state index is -0.653. The lowest BCUT2D eigenvalue weighted by molar-refractivity contribution is -0.179. The molecule has 0 aliphatic heterocycles. The molecule has 4 heteroatoms. The van der Waals surface area contributed by atoms with Gasteiger partial charge in [0.1, 0.15) is 6.10 Å². The van der Waals surface area contributed by atoms with Gasteiger partial charge >= 0.3 is 11.9 Å². The Morgan fingerprint density at radius 2 is 1.68 bits per heavy atom. The van der Waals surface area contributed by atoms with Crippen molar-refractivity contribution in [3.05, 3.63) is 35.9 Å². The number of hydrogen-bond donors (Lipinski definition) is 1. The van der Waals surface area contributed by atoms with E-state index in [4.69, 9.17) is 4.74 Å². The van der Waals surface area contributed by atoms with Gasteiger partial charge in [-0.05, 0) is 62.0 Å². The van der Waals surface area contributed by atoms with Crippen molar-refractivity contribution in [3.63, 3.8) is 0 Å². The molecular weight excluding hydrogens is 280 g/mol. The third-order valence-corrected chi connectivity index (χ3v) is 5.89. The molecule has 4 nitrogen and oxygen atoms in total. The van der Waals surface area contributed by atoms with Crippen LogP contribution in [0.25, 0.3) is 0 Å². The summed E-state index contributed by atoms with van der Waals surface area (Å²) in [4.78, 5) is 24.0. The zero-order chi connectivity index (χ0) is 15.3. The monoisotopic (exact) mass is 300 g/mol. The molecule has 0 aromatic heterocycles. The van der Waals surface area contributed by atoms with Gasteiger partial charge in [-0.1, -0.05) is 18.2 Å². The van der Waals surface area contributed by atoms with Crippen molar-refractivity contribution in [2.45, 2.75) is 38.2 Å². The van der Waals surface area contributed by atoms with Gasteiger partial charge in [-0.2, -0.15) is 0 Å². The lowest BCUT2D eigenvalue weighted by Crippen LogP contribution is -2.57. The summed E-state index contributed by atoms with van der Waals surface area (Å²) in [5, 5.41) is 9.62. The van der Waals surface area contributed by atoms with Crippen LogP contribution in [0.1, 0.15) is 42.5 Å². The SMILES string of the molecule is O=C(OC1C2CC3CC1CC(C(=O)O)(C3)C2)c1ccccc1. The Morgan fingerprint density at radius 1 is 1.05 bits per heavy atom. The van der Waals surface area contributed by atoms with Crippen LogP contribution in [0.5, 0.6) is 0 Å². The summed E-state index contributed by atoms with van der Waals surface area (Å²) in [6.07, 6.45) is 4.08. The Balaban J connectivity index is 1.53. The third kappa shape index (κ3) is 2.04. The predicted octanol–water partition coefficient (Wildman–Crippen LogP) is 3.12. The maximum Gasteiger partial charge on any atom is 0.338 e. The highest BCUT2D eigenvalue weighted by Crippen LogP contribution is 2.60. The molecule has 4 bridgehead atoms. The van der Waals surface area contributed by atoms with Crippen molar-refractivity contribution in [2.75, 3.05) is 0 Å². The van der Waals surface area contributed by atoms with Gasteiger partial charge in [-0.25, -0.2) is 4.79 Å². The van der Waals surface area contributed by atoms with Crippen LogP contribution in [-0.2, 0) is 9.53 Å². The van der Waals surface area contributed by atoms with Gasteiger partial charge < -0.3 is 9.84 Å². The van der Waals surface area contributed by atoms with Crippen molar-refractivity contribution < 1.29 is 19.4 Å². The topological polar surface area (TPSA) is 63.6 Å². The van der Waals surface area contributed by atoms with Gasteiger partial charge in [0.15, 0.2) is 0 Å². The minimum Gasteiger partial charge on any atom is -0.481 e. The largest absolute Gasteiger partial charge is 0.481 e. The molecule has 22 heavy (non-hydrogen) atoms. The highest BCUT2D eigenvalue weighted by atomic mass is 16.5. The highest BCUT2D eigenvalue weighted by molar-refractivity contribution is 5.89. The van der Waals surface area contributed by atoms with Crippen molar-refractivity contribution >= 4 is 11.9 Å². The molecule has 4 aliphatic rings. The molecule has 0 saturated heterocycles. The first kappa shape index (κ1) is 13.8. The summed E-state index contributed by atoms with van der Waals surface area (Å²) in [6.45, 7) is 0. The molecular formula is C18H20O4. The van der Waals surface area contributed by atoms with E-state index in [-0.39, 0.29) is 23.9 Å². The second kappa shape index (κ2) is 4.83. The predicted molar refractivity (Wildman–Crippen MR) is 79.3 cm³/mol. The van der Waals surface area contributed by atoms with Gasteiger partial charge in [0.05, 0.1) is 11.0 Å². The Labute approximate surface area is 129 Å². The minimum absolute atomic E-state index is 0.100. The molecule has 116 valence electrons. The van der Waals surface area contributed by atoms with Crippen LogP contribution in [0, 0.1) is 23.2 Å². The van der Waals surface area contributed by atoms with Crippen LogP contribution in [0.4, 0.5) is 0 Å². The van der Waals surface area contributed by atoms with Gasteiger partial charge in [0, 0.05) is 0 Å². The van der Waals surface area contributed by atoms with E-state index in [1.54, 1.807) is 12.1 Å².